The van der Waals surface area contributed by atoms with Gasteiger partial charge >= 0.3 is 6.09 Å². The predicted octanol–water partition coefficient (Wildman–Crippen LogP) is 2.78. The quantitative estimate of drug-likeness (QED) is 0.878. The van der Waals surface area contributed by atoms with Crippen LogP contribution in [0.25, 0.3) is 0 Å². The van der Waals surface area contributed by atoms with Gasteiger partial charge in [0.15, 0.2) is 0 Å². The molecule has 0 radical (unpaired) electrons. The van der Waals surface area contributed by atoms with Crippen molar-refractivity contribution in [3.63, 3.8) is 0 Å². The summed E-state index contributed by atoms with van der Waals surface area (Å²) in [6.45, 7) is 9.00. The van der Waals surface area contributed by atoms with Crippen molar-refractivity contribution in [1.82, 2.24) is 9.88 Å². The number of amides is 1. The number of nitrogens with one attached hydrogen (secondary N) is 1. The smallest absolute Gasteiger partial charge is 0.410 e. The Labute approximate surface area is 132 Å². The molecule has 0 aromatic carbocycles. The number of pyridine rings is 1. The number of aryl methyl sites for hydroxylation is 1. The van der Waals surface area contributed by atoms with Crippen molar-refractivity contribution in [1.29, 1.82) is 0 Å². The molecule has 0 bridgehead atoms. The molecular formula is C16H26N4O2. The Morgan fingerprint density at radius 3 is 2.59 bits per heavy atom. The van der Waals surface area contributed by atoms with Gasteiger partial charge in [-0.05, 0) is 52.2 Å². The van der Waals surface area contributed by atoms with Crippen molar-refractivity contribution >= 4 is 17.6 Å². The molecule has 0 atom stereocenters. The zero-order valence-electron chi connectivity index (χ0n) is 13.8. The van der Waals surface area contributed by atoms with Crippen molar-refractivity contribution in [3.8, 4) is 0 Å². The van der Waals surface area contributed by atoms with E-state index in [2.05, 4.69) is 10.3 Å². The first-order valence-corrected chi connectivity index (χ1v) is 7.71. The number of rotatable bonds is 2. The zero-order valence-corrected chi connectivity index (χ0v) is 13.8. The Balaban J connectivity index is 1.84. The van der Waals surface area contributed by atoms with Gasteiger partial charge in [-0.15, -0.1) is 0 Å². The Hall–Kier alpha value is -1.98. The number of anilines is 2. The number of aromatic nitrogens is 1. The number of carbonyl (C=O) groups excluding carboxylic acids is 1. The first-order valence-electron chi connectivity index (χ1n) is 7.71. The van der Waals surface area contributed by atoms with Gasteiger partial charge in [-0.3, -0.25) is 0 Å². The number of ether oxygens (including phenoxy) is 1. The van der Waals surface area contributed by atoms with Crippen LogP contribution in [0.2, 0.25) is 0 Å². The average molecular weight is 306 g/mol. The van der Waals surface area contributed by atoms with Crippen LogP contribution in [0.15, 0.2) is 12.3 Å². The number of hydrogen-bond donors (Lipinski definition) is 2. The van der Waals surface area contributed by atoms with Crippen LogP contribution in [-0.2, 0) is 4.74 Å². The molecule has 0 unspecified atom stereocenters. The lowest BCUT2D eigenvalue weighted by atomic mass is 10.0. The number of hydrogen-bond acceptors (Lipinski definition) is 5. The summed E-state index contributed by atoms with van der Waals surface area (Å²) in [6.07, 6.45) is 3.31. The van der Waals surface area contributed by atoms with Crippen molar-refractivity contribution < 1.29 is 9.53 Å². The standard InChI is InChI=1S/C16H26N4O2/c1-11-9-13(10-18-14(11)17)19-12-5-7-20(8-6-12)15(21)22-16(2,3)4/h9-10,12,19H,5-8H2,1-4H3,(H2,17,18). The lowest BCUT2D eigenvalue weighted by Crippen LogP contribution is -2.44. The molecule has 1 aliphatic rings. The number of nitrogens with two attached hydrogens (primary N) is 1. The SMILES string of the molecule is Cc1cc(NC2CCN(C(=O)OC(C)(C)C)CC2)cnc1N. The summed E-state index contributed by atoms with van der Waals surface area (Å²) >= 11 is 0. The minimum absolute atomic E-state index is 0.226. The summed E-state index contributed by atoms with van der Waals surface area (Å²) in [5, 5.41) is 3.46. The number of carbonyl (C=O) groups is 1. The largest absolute Gasteiger partial charge is 0.444 e. The second-order valence-corrected chi connectivity index (χ2v) is 6.81. The van der Waals surface area contributed by atoms with Crippen LogP contribution in [0.4, 0.5) is 16.3 Å². The van der Waals surface area contributed by atoms with Crippen LogP contribution in [0, 0.1) is 6.92 Å². The Bertz CT molecular complexity index is 531. The summed E-state index contributed by atoms with van der Waals surface area (Å²) < 4.78 is 5.40. The molecule has 22 heavy (non-hydrogen) atoms. The van der Waals surface area contributed by atoms with Gasteiger partial charge in [0, 0.05) is 19.1 Å². The number of piperidine rings is 1. The average Bonchev–Trinajstić information content (AvgIpc) is 2.42. The highest BCUT2D eigenvalue weighted by Crippen LogP contribution is 2.20. The lowest BCUT2D eigenvalue weighted by Gasteiger charge is -2.34. The summed E-state index contributed by atoms with van der Waals surface area (Å²) in [6, 6.07) is 2.34. The van der Waals surface area contributed by atoms with Gasteiger partial charge in [-0.25, -0.2) is 9.78 Å². The molecule has 1 aromatic rings. The monoisotopic (exact) mass is 306 g/mol. The first-order chi connectivity index (χ1) is 10.2. The van der Waals surface area contributed by atoms with Crippen LogP contribution in [0.5, 0.6) is 0 Å². The van der Waals surface area contributed by atoms with Crippen LogP contribution < -0.4 is 11.1 Å². The molecule has 122 valence electrons. The maximum absolute atomic E-state index is 12.0. The van der Waals surface area contributed by atoms with Crippen LogP contribution in [-0.4, -0.2) is 40.7 Å². The minimum atomic E-state index is -0.445. The van der Waals surface area contributed by atoms with Crippen molar-refractivity contribution in [2.24, 2.45) is 0 Å². The van der Waals surface area contributed by atoms with Crippen LogP contribution >= 0.6 is 0 Å². The van der Waals surface area contributed by atoms with E-state index in [1.54, 1.807) is 11.1 Å². The highest BCUT2D eigenvalue weighted by Gasteiger charge is 2.26. The van der Waals surface area contributed by atoms with Crippen LogP contribution in [0.3, 0.4) is 0 Å². The van der Waals surface area contributed by atoms with E-state index >= 15 is 0 Å². The summed E-state index contributed by atoms with van der Waals surface area (Å²) in [5.41, 5.74) is 7.22. The molecule has 3 N–H and O–H groups in total. The molecule has 6 nitrogen and oxygen atoms in total. The molecule has 2 rings (SSSR count). The fourth-order valence-electron chi connectivity index (χ4n) is 2.43. The van der Waals surface area contributed by atoms with E-state index in [9.17, 15) is 4.79 Å². The van der Waals surface area contributed by atoms with Gasteiger partial charge in [0.2, 0.25) is 0 Å². The van der Waals surface area contributed by atoms with Gasteiger partial charge in [-0.1, -0.05) is 0 Å². The van der Waals surface area contributed by atoms with E-state index in [-0.39, 0.29) is 6.09 Å². The van der Waals surface area contributed by atoms with Crippen molar-refractivity contribution in [2.75, 3.05) is 24.1 Å². The lowest BCUT2D eigenvalue weighted by molar-refractivity contribution is 0.0210. The predicted molar refractivity (Wildman–Crippen MR) is 87.8 cm³/mol. The molecule has 1 aromatic heterocycles. The van der Waals surface area contributed by atoms with Crippen LogP contribution in [0.1, 0.15) is 39.2 Å². The summed E-state index contributed by atoms with van der Waals surface area (Å²) in [4.78, 5) is 18.0. The molecule has 0 saturated carbocycles. The van der Waals surface area contributed by atoms with Crippen molar-refractivity contribution in [2.45, 2.75) is 52.2 Å². The molecule has 6 heteroatoms. The first kappa shape index (κ1) is 16.4. The zero-order chi connectivity index (χ0) is 16.3. The van der Waals surface area contributed by atoms with E-state index < -0.39 is 5.60 Å². The molecule has 1 amide bonds. The third-order valence-corrected chi connectivity index (χ3v) is 3.64. The normalized spacial score (nSPS) is 16.5. The third-order valence-electron chi connectivity index (χ3n) is 3.64. The minimum Gasteiger partial charge on any atom is -0.444 e. The molecule has 2 heterocycles. The Morgan fingerprint density at radius 1 is 1.41 bits per heavy atom. The molecule has 0 spiro atoms. The van der Waals surface area contributed by atoms with Gasteiger partial charge in [-0.2, -0.15) is 0 Å². The van der Waals surface area contributed by atoms with Crippen molar-refractivity contribution in [3.05, 3.63) is 17.8 Å². The van der Waals surface area contributed by atoms with E-state index in [4.69, 9.17) is 10.5 Å². The topological polar surface area (TPSA) is 80.5 Å². The van der Waals surface area contributed by atoms with Gasteiger partial charge in [0.25, 0.3) is 0 Å². The maximum Gasteiger partial charge on any atom is 0.410 e. The van der Waals surface area contributed by atoms with Gasteiger partial charge in [0.1, 0.15) is 11.4 Å². The third kappa shape index (κ3) is 4.51. The number of nitrogens with zero attached hydrogens (tertiary/aromatic N) is 2. The molecule has 1 fully saturated rings. The second-order valence-electron chi connectivity index (χ2n) is 6.81. The summed E-state index contributed by atoms with van der Waals surface area (Å²) in [7, 11) is 0. The molecule has 1 saturated heterocycles. The fourth-order valence-corrected chi connectivity index (χ4v) is 2.43. The number of nitrogen functional groups attached to an aromatic ring is 1. The van der Waals surface area contributed by atoms with E-state index in [0.29, 0.717) is 24.9 Å². The molecule has 1 aliphatic heterocycles. The summed E-state index contributed by atoms with van der Waals surface area (Å²) in [5.74, 6) is 0.560. The van der Waals surface area contributed by atoms with E-state index in [0.717, 1.165) is 24.1 Å². The van der Waals surface area contributed by atoms with Gasteiger partial charge in [0.05, 0.1) is 11.9 Å². The molecular weight excluding hydrogens is 280 g/mol. The maximum atomic E-state index is 12.0. The van der Waals surface area contributed by atoms with E-state index in [1.807, 2.05) is 33.8 Å². The number of likely N-dealkylation sites (tertiary alicyclic amines) is 1. The molecule has 0 aliphatic carbocycles. The highest BCUT2D eigenvalue weighted by molar-refractivity contribution is 5.68. The van der Waals surface area contributed by atoms with E-state index in [1.165, 1.54) is 0 Å². The second kappa shape index (κ2) is 6.42. The van der Waals surface area contributed by atoms with Gasteiger partial charge < -0.3 is 20.7 Å². The Morgan fingerprint density at radius 2 is 2.05 bits per heavy atom. The Kier molecular flexibility index (Phi) is 4.78. The fraction of sp³-hybridized carbons (Fsp3) is 0.625. The highest BCUT2D eigenvalue weighted by atomic mass is 16.6.